The molecule has 0 unspecified atom stereocenters. The van der Waals surface area contributed by atoms with Crippen LogP contribution in [0.1, 0.15) is 19.4 Å². The van der Waals surface area contributed by atoms with Crippen LogP contribution in [0.25, 0.3) is 0 Å². The molecule has 0 aromatic heterocycles. The molecule has 0 aliphatic carbocycles. The lowest BCUT2D eigenvalue weighted by Crippen LogP contribution is -2.26. The van der Waals surface area contributed by atoms with Crippen molar-refractivity contribution in [3.63, 3.8) is 0 Å². The van der Waals surface area contributed by atoms with Gasteiger partial charge in [0, 0.05) is 4.90 Å². The highest BCUT2D eigenvalue weighted by Gasteiger charge is 2.29. The van der Waals surface area contributed by atoms with Crippen molar-refractivity contribution >= 4 is 17.7 Å². The molecule has 0 radical (unpaired) electrons. The summed E-state index contributed by atoms with van der Waals surface area (Å²) in [6.45, 7) is 2.96. The van der Waals surface area contributed by atoms with Crippen molar-refractivity contribution < 1.29 is 18.7 Å². The number of carbonyl (C=O) groups is 1. The normalized spacial score (nSPS) is 11.6. The summed E-state index contributed by atoms with van der Waals surface area (Å²) in [5.74, 6) is -2.89. The third kappa shape index (κ3) is 2.97. The molecule has 0 heterocycles. The summed E-state index contributed by atoms with van der Waals surface area (Å²) in [7, 11) is 0. The summed E-state index contributed by atoms with van der Waals surface area (Å²) in [4.78, 5) is 11.1. The molecule has 1 aromatic rings. The molecule has 0 bridgehead atoms. The molecule has 0 saturated heterocycles. The minimum absolute atomic E-state index is 0.0419. The van der Waals surface area contributed by atoms with Crippen LogP contribution >= 0.6 is 11.8 Å². The predicted molar refractivity (Wildman–Crippen MR) is 63.3 cm³/mol. The average molecular weight is 260 g/mol. The highest BCUT2D eigenvalue weighted by atomic mass is 32.2. The van der Waals surface area contributed by atoms with E-state index >= 15 is 0 Å². The van der Waals surface area contributed by atoms with Gasteiger partial charge in [0.2, 0.25) is 0 Å². The van der Waals surface area contributed by atoms with E-state index in [1.807, 2.05) is 0 Å². The third-order valence-corrected chi connectivity index (χ3v) is 3.31. The second kappa shape index (κ2) is 5.04. The Balaban J connectivity index is 3.09. The lowest BCUT2D eigenvalue weighted by molar-refractivity contribution is -0.146. The third-order valence-electron chi connectivity index (χ3n) is 2.56. The smallest absolute Gasteiger partial charge is 0.309 e. The van der Waals surface area contributed by atoms with Crippen LogP contribution in [0.5, 0.6) is 0 Å². The maximum atomic E-state index is 13.7. The van der Waals surface area contributed by atoms with Crippen molar-refractivity contribution in [3.8, 4) is 0 Å². The number of halogens is 2. The van der Waals surface area contributed by atoms with Crippen molar-refractivity contribution in [2.24, 2.45) is 5.41 Å². The summed E-state index contributed by atoms with van der Waals surface area (Å²) in [5, 5.41) is 8.94. The van der Waals surface area contributed by atoms with Crippen molar-refractivity contribution in [1.29, 1.82) is 0 Å². The first-order valence-electron chi connectivity index (χ1n) is 5.04. The molecule has 0 atom stereocenters. The number of hydrogen-bond donors (Lipinski definition) is 1. The van der Waals surface area contributed by atoms with E-state index in [0.29, 0.717) is 0 Å². The molecular weight excluding hydrogens is 246 g/mol. The zero-order chi connectivity index (χ0) is 13.2. The van der Waals surface area contributed by atoms with Gasteiger partial charge in [-0.1, -0.05) is 6.07 Å². The molecule has 1 aromatic carbocycles. The van der Waals surface area contributed by atoms with Gasteiger partial charge in [0.05, 0.1) is 5.41 Å². The molecule has 1 N–H and O–H groups in total. The molecule has 5 heteroatoms. The summed E-state index contributed by atoms with van der Waals surface area (Å²) >= 11 is 1.11. The van der Waals surface area contributed by atoms with Crippen LogP contribution in [-0.2, 0) is 11.2 Å². The van der Waals surface area contributed by atoms with Gasteiger partial charge in [-0.25, -0.2) is 8.78 Å². The predicted octanol–water partition coefficient (Wildman–Crippen LogP) is 3.34. The molecule has 0 aliphatic heterocycles. The Kier molecular flexibility index (Phi) is 4.14. The van der Waals surface area contributed by atoms with E-state index in [1.54, 1.807) is 6.26 Å². The van der Waals surface area contributed by atoms with Crippen molar-refractivity contribution in [3.05, 3.63) is 29.3 Å². The van der Waals surface area contributed by atoms with E-state index in [2.05, 4.69) is 0 Å². The van der Waals surface area contributed by atoms with Gasteiger partial charge in [-0.3, -0.25) is 4.79 Å². The molecule has 0 amide bonds. The topological polar surface area (TPSA) is 37.3 Å². The highest BCUT2D eigenvalue weighted by molar-refractivity contribution is 7.98. The Bertz CT molecular complexity index is 444. The fraction of sp³-hybridized carbons (Fsp3) is 0.417. The van der Waals surface area contributed by atoms with Crippen LogP contribution in [0, 0.1) is 17.0 Å². The fourth-order valence-electron chi connectivity index (χ4n) is 1.42. The molecule has 0 aliphatic rings. The van der Waals surface area contributed by atoms with E-state index in [4.69, 9.17) is 5.11 Å². The minimum Gasteiger partial charge on any atom is -0.481 e. The van der Waals surface area contributed by atoms with Crippen LogP contribution in [0.15, 0.2) is 17.0 Å². The van der Waals surface area contributed by atoms with Crippen molar-refractivity contribution in [2.45, 2.75) is 25.2 Å². The summed E-state index contributed by atoms with van der Waals surface area (Å²) in [5.41, 5.74) is -1.03. The number of carboxylic acids is 1. The van der Waals surface area contributed by atoms with E-state index in [1.165, 1.54) is 26.0 Å². The van der Waals surface area contributed by atoms with Gasteiger partial charge in [-0.15, -0.1) is 11.8 Å². The van der Waals surface area contributed by atoms with Gasteiger partial charge >= 0.3 is 5.97 Å². The molecule has 94 valence electrons. The number of thioether (sulfide) groups is 1. The van der Waals surface area contributed by atoms with Crippen LogP contribution in [0.2, 0.25) is 0 Å². The Morgan fingerprint density at radius 2 is 1.94 bits per heavy atom. The Morgan fingerprint density at radius 1 is 1.35 bits per heavy atom. The largest absolute Gasteiger partial charge is 0.481 e. The molecule has 2 nitrogen and oxygen atoms in total. The summed E-state index contributed by atoms with van der Waals surface area (Å²) in [6.07, 6.45) is 1.61. The molecule has 0 spiro atoms. The first kappa shape index (κ1) is 14.0. The van der Waals surface area contributed by atoms with Crippen LogP contribution in [-0.4, -0.2) is 17.3 Å². The Labute approximate surface area is 103 Å². The maximum absolute atomic E-state index is 13.7. The molecule has 1 rings (SSSR count). The molecule has 0 saturated carbocycles. The molecular formula is C12H14F2O2S. The number of rotatable bonds is 4. The van der Waals surface area contributed by atoms with Gasteiger partial charge in [0.25, 0.3) is 0 Å². The van der Waals surface area contributed by atoms with E-state index in [0.717, 1.165) is 11.8 Å². The average Bonchev–Trinajstić information content (AvgIpc) is 2.25. The minimum atomic E-state index is -1.12. The molecule has 0 fully saturated rings. The van der Waals surface area contributed by atoms with Crippen LogP contribution < -0.4 is 0 Å². The Morgan fingerprint density at radius 3 is 2.41 bits per heavy atom. The summed E-state index contributed by atoms with van der Waals surface area (Å²) < 4.78 is 27.2. The van der Waals surface area contributed by atoms with Gasteiger partial charge in [0.1, 0.15) is 0 Å². The first-order chi connectivity index (χ1) is 7.79. The zero-order valence-corrected chi connectivity index (χ0v) is 10.7. The van der Waals surface area contributed by atoms with Gasteiger partial charge < -0.3 is 5.11 Å². The Hall–Kier alpha value is -1.10. The van der Waals surface area contributed by atoms with Crippen molar-refractivity contribution in [1.82, 2.24) is 0 Å². The van der Waals surface area contributed by atoms with Gasteiger partial charge in [-0.2, -0.15) is 0 Å². The second-order valence-electron chi connectivity index (χ2n) is 4.42. The van der Waals surface area contributed by atoms with E-state index in [9.17, 15) is 13.6 Å². The van der Waals surface area contributed by atoms with E-state index in [-0.39, 0.29) is 16.9 Å². The standard InChI is InChI=1S/C12H14F2O2S/c1-12(2,11(15)16)6-7-4-5-8(17-3)10(14)9(7)13/h4-5H,6H2,1-3H3,(H,15,16). The fourth-order valence-corrected chi connectivity index (χ4v) is 1.89. The van der Waals surface area contributed by atoms with Crippen LogP contribution in [0.4, 0.5) is 8.78 Å². The lowest BCUT2D eigenvalue weighted by atomic mass is 9.86. The maximum Gasteiger partial charge on any atom is 0.309 e. The van der Waals surface area contributed by atoms with Gasteiger partial charge in [0.15, 0.2) is 11.6 Å². The number of aliphatic carboxylic acids is 1. The van der Waals surface area contributed by atoms with E-state index < -0.39 is 23.0 Å². The SMILES string of the molecule is CSc1ccc(CC(C)(C)C(=O)O)c(F)c1F. The molecule has 17 heavy (non-hydrogen) atoms. The quantitative estimate of drug-likeness (QED) is 0.844. The number of hydrogen-bond acceptors (Lipinski definition) is 2. The summed E-state index contributed by atoms with van der Waals surface area (Å²) in [6, 6.07) is 2.91. The van der Waals surface area contributed by atoms with Gasteiger partial charge in [-0.05, 0) is 38.2 Å². The monoisotopic (exact) mass is 260 g/mol. The first-order valence-corrected chi connectivity index (χ1v) is 6.26. The highest BCUT2D eigenvalue weighted by Crippen LogP contribution is 2.28. The van der Waals surface area contributed by atoms with Crippen LogP contribution in [0.3, 0.4) is 0 Å². The van der Waals surface area contributed by atoms with Crippen molar-refractivity contribution in [2.75, 3.05) is 6.26 Å². The second-order valence-corrected chi connectivity index (χ2v) is 5.27. The zero-order valence-electron chi connectivity index (χ0n) is 9.88. The lowest BCUT2D eigenvalue weighted by Gasteiger charge is -2.19. The number of carboxylic acid groups (broad SMARTS) is 1. The number of benzene rings is 1.